The van der Waals surface area contributed by atoms with Crippen molar-refractivity contribution in [3.63, 3.8) is 0 Å². The van der Waals surface area contributed by atoms with Gasteiger partial charge in [0.05, 0.1) is 19.5 Å². The number of aliphatic hydroxyl groups is 3. The highest BCUT2D eigenvalue weighted by Crippen LogP contribution is 2.32. The average molecular weight is 459 g/mol. The van der Waals surface area contributed by atoms with Crippen LogP contribution in [0.4, 0.5) is 5.82 Å². The molecule has 3 heterocycles. The summed E-state index contributed by atoms with van der Waals surface area (Å²) in [5.74, 6) is -0.102. The van der Waals surface area contributed by atoms with E-state index >= 15 is 0 Å². The van der Waals surface area contributed by atoms with E-state index in [1.165, 1.54) is 29.4 Å². The minimum atomic E-state index is -1.30. The van der Waals surface area contributed by atoms with E-state index in [2.05, 4.69) is 20.3 Å². The summed E-state index contributed by atoms with van der Waals surface area (Å²) >= 11 is 0. The number of carbonyl (C=O) groups excluding carboxylic acids is 1. The summed E-state index contributed by atoms with van der Waals surface area (Å²) in [4.78, 5) is 25.3. The lowest BCUT2D eigenvalue weighted by Crippen LogP contribution is -2.34. The van der Waals surface area contributed by atoms with Crippen LogP contribution in [-0.4, -0.2) is 83.5 Å². The number of ether oxygens (including phenoxy) is 2. The van der Waals surface area contributed by atoms with E-state index in [0.717, 1.165) is 5.56 Å². The molecule has 176 valence electrons. The van der Waals surface area contributed by atoms with Gasteiger partial charge in [0.2, 0.25) is 0 Å². The Hall–Kier alpha value is -3.32. The molecule has 0 radical (unpaired) electrons. The van der Waals surface area contributed by atoms with Crippen molar-refractivity contribution >= 4 is 23.0 Å². The molecule has 0 saturated carbocycles. The van der Waals surface area contributed by atoms with Crippen LogP contribution in [0.2, 0.25) is 0 Å². The highest BCUT2D eigenvalue weighted by atomic mass is 16.6. The molecule has 1 aliphatic rings. The number of esters is 1. The van der Waals surface area contributed by atoms with Crippen molar-refractivity contribution in [1.82, 2.24) is 19.5 Å². The fraction of sp³-hybridized carbons (Fsp3) is 0.429. The second kappa shape index (κ2) is 9.67. The van der Waals surface area contributed by atoms with Gasteiger partial charge in [-0.15, -0.1) is 0 Å². The molecule has 0 amide bonds. The number of hydrogen-bond acceptors (Lipinski definition) is 11. The second-order valence-electron chi connectivity index (χ2n) is 7.59. The molecule has 33 heavy (non-hydrogen) atoms. The van der Waals surface area contributed by atoms with Crippen LogP contribution in [0.1, 0.15) is 18.7 Å². The molecule has 0 aliphatic carbocycles. The number of aromatic hydroxyl groups is 1. The molecule has 1 saturated heterocycles. The van der Waals surface area contributed by atoms with Crippen molar-refractivity contribution in [2.75, 3.05) is 18.5 Å². The summed E-state index contributed by atoms with van der Waals surface area (Å²) in [7, 11) is 0. The SMILES string of the molecule is CCOC(=O)C(Cc1ccc(O)cc1)Nc1ncnc2c1ncn2C1OC(CO)C(O)C1O. The van der Waals surface area contributed by atoms with Gasteiger partial charge in [0, 0.05) is 6.42 Å². The van der Waals surface area contributed by atoms with Crippen molar-refractivity contribution < 1.29 is 34.7 Å². The Balaban J connectivity index is 1.62. The minimum Gasteiger partial charge on any atom is -0.508 e. The molecule has 0 spiro atoms. The number of nitrogens with zero attached hydrogens (tertiary/aromatic N) is 4. The zero-order chi connectivity index (χ0) is 23.5. The maximum atomic E-state index is 12.6. The number of benzene rings is 1. The van der Waals surface area contributed by atoms with E-state index in [1.54, 1.807) is 19.1 Å². The molecule has 2 aromatic heterocycles. The Labute approximate surface area is 188 Å². The number of aliphatic hydroxyl groups excluding tert-OH is 3. The lowest BCUT2D eigenvalue weighted by molar-refractivity contribution is -0.144. The Morgan fingerprint density at radius 1 is 1.21 bits per heavy atom. The number of aromatic nitrogens is 4. The maximum absolute atomic E-state index is 12.6. The second-order valence-corrected chi connectivity index (χ2v) is 7.59. The van der Waals surface area contributed by atoms with Crippen LogP contribution in [0.3, 0.4) is 0 Å². The first-order valence-electron chi connectivity index (χ1n) is 10.4. The van der Waals surface area contributed by atoms with Crippen molar-refractivity contribution in [2.45, 2.75) is 43.9 Å². The predicted molar refractivity (Wildman–Crippen MR) is 114 cm³/mol. The molecule has 3 aromatic rings. The topological polar surface area (TPSA) is 172 Å². The summed E-state index contributed by atoms with van der Waals surface area (Å²) in [6.07, 6.45) is -1.61. The normalized spacial score (nSPS) is 23.5. The van der Waals surface area contributed by atoms with E-state index in [4.69, 9.17) is 9.47 Å². The lowest BCUT2D eigenvalue weighted by Gasteiger charge is -2.19. The van der Waals surface area contributed by atoms with Gasteiger partial charge >= 0.3 is 5.97 Å². The number of hydrogen-bond donors (Lipinski definition) is 5. The van der Waals surface area contributed by atoms with E-state index in [1.807, 2.05) is 0 Å². The first-order chi connectivity index (χ1) is 15.9. The van der Waals surface area contributed by atoms with Gasteiger partial charge in [-0.3, -0.25) is 4.57 Å². The fourth-order valence-corrected chi connectivity index (χ4v) is 3.72. The number of rotatable bonds is 8. The van der Waals surface area contributed by atoms with E-state index in [-0.39, 0.29) is 24.6 Å². The molecule has 0 bridgehead atoms. The third-order valence-electron chi connectivity index (χ3n) is 5.41. The third kappa shape index (κ3) is 4.59. The molecule has 1 aliphatic heterocycles. The summed E-state index contributed by atoms with van der Waals surface area (Å²) in [6.45, 7) is 1.45. The largest absolute Gasteiger partial charge is 0.508 e. The quantitative estimate of drug-likeness (QED) is 0.281. The minimum absolute atomic E-state index is 0.118. The Kier molecular flexibility index (Phi) is 6.70. The molecule has 1 fully saturated rings. The fourth-order valence-electron chi connectivity index (χ4n) is 3.72. The van der Waals surface area contributed by atoms with Crippen LogP contribution in [0.5, 0.6) is 5.75 Å². The molecule has 12 nitrogen and oxygen atoms in total. The number of imidazole rings is 1. The molecule has 4 rings (SSSR count). The predicted octanol–water partition coefficient (Wildman–Crippen LogP) is -0.270. The summed E-state index contributed by atoms with van der Waals surface area (Å²) in [6, 6.07) is 5.67. The average Bonchev–Trinajstić information content (AvgIpc) is 3.36. The van der Waals surface area contributed by atoms with Crippen LogP contribution in [0.25, 0.3) is 11.2 Å². The van der Waals surface area contributed by atoms with Crippen molar-refractivity contribution in [3.05, 3.63) is 42.5 Å². The van der Waals surface area contributed by atoms with Gasteiger partial charge in [-0.1, -0.05) is 12.1 Å². The van der Waals surface area contributed by atoms with E-state index < -0.39 is 43.2 Å². The van der Waals surface area contributed by atoms with Gasteiger partial charge < -0.3 is 35.2 Å². The standard InChI is InChI=1S/C21H25N5O7/c1-2-32-21(31)13(7-11-3-5-12(28)6-4-11)25-18-15-19(23-9-22-18)26(10-24-15)20-17(30)16(29)14(8-27)33-20/h3-6,9-10,13-14,16-17,20,27-30H,2,7-8H2,1H3,(H,22,23,25). The van der Waals surface area contributed by atoms with Gasteiger partial charge in [0.25, 0.3) is 0 Å². The third-order valence-corrected chi connectivity index (χ3v) is 5.41. The van der Waals surface area contributed by atoms with Crippen molar-refractivity contribution in [3.8, 4) is 5.75 Å². The highest BCUT2D eigenvalue weighted by Gasteiger charge is 2.44. The maximum Gasteiger partial charge on any atom is 0.328 e. The summed E-state index contributed by atoms with van der Waals surface area (Å²) < 4.78 is 12.2. The van der Waals surface area contributed by atoms with Gasteiger partial charge in [0.15, 0.2) is 23.2 Å². The zero-order valence-electron chi connectivity index (χ0n) is 17.8. The zero-order valence-corrected chi connectivity index (χ0v) is 17.8. The lowest BCUT2D eigenvalue weighted by atomic mass is 10.1. The summed E-state index contributed by atoms with van der Waals surface area (Å²) in [5, 5.41) is 42.3. The van der Waals surface area contributed by atoms with Crippen LogP contribution in [-0.2, 0) is 20.7 Å². The highest BCUT2D eigenvalue weighted by molar-refractivity contribution is 5.86. The van der Waals surface area contributed by atoms with Gasteiger partial charge in [-0.2, -0.15) is 0 Å². The molecular formula is C21H25N5O7. The molecule has 5 N–H and O–H groups in total. The summed E-state index contributed by atoms with van der Waals surface area (Å²) in [5.41, 5.74) is 1.41. The molecule has 5 atom stereocenters. The number of anilines is 1. The van der Waals surface area contributed by atoms with Crippen LogP contribution in [0, 0.1) is 0 Å². The molecule has 12 heteroatoms. The monoisotopic (exact) mass is 459 g/mol. The van der Waals surface area contributed by atoms with E-state index in [9.17, 15) is 25.2 Å². The number of fused-ring (bicyclic) bond motifs is 1. The molecule has 5 unspecified atom stereocenters. The van der Waals surface area contributed by atoms with Gasteiger partial charge in [0.1, 0.15) is 36.4 Å². The molecule has 1 aromatic carbocycles. The number of phenols is 1. The Morgan fingerprint density at radius 2 is 1.97 bits per heavy atom. The first kappa shape index (κ1) is 22.9. The number of carbonyl (C=O) groups is 1. The van der Waals surface area contributed by atoms with Crippen molar-refractivity contribution in [1.29, 1.82) is 0 Å². The van der Waals surface area contributed by atoms with Crippen LogP contribution < -0.4 is 5.32 Å². The van der Waals surface area contributed by atoms with Gasteiger partial charge in [-0.25, -0.2) is 19.7 Å². The van der Waals surface area contributed by atoms with Crippen LogP contribution in [0.15, 0.2) is 36.9 Å². The van der Waals surface area contributed by atoms with Crippen LogP contribution >= 0.6 is 0 Å². The number of phenolic OH excluding ortho intramolecular Hbond substituents is 1. The first-order valence-corrected chi connectivity index (χ1v) is 10.4. The smallest absolute Gasteiger partial charge is 0.328 e. The Bertz CT molecular complexity index is 1110. The Morgan fingerprint density at radius 3 is 2.64 bits per heavy atom. The molecular weight excluding hydrogens is 434 g/mol. The van der Waals surface area contributed by atoms with Gasteiger partial charge in [-0.05, 0) is 24.6 Å². The van der Waals surface area contributed by atoms with Crippen molar-refractivity contribution in [2.24, 2.45) is 0 Å². The van der Waals surface area contributed by atoms with E-state index in [0.29, 0.717) is 11.2 Å². The number of nitrogens with one attached hydrogen (secondary N) is 1.